The molecule has 0 unspecified atom stereocenters. The average molecular weight is 339 g/mol. The summed E-state index contributed by atoms with van der Waals surface area (Å²) in [5.74, 6) is 0.549. The van der Waals surface area contributed by atoms with Crippen LogP contribution < -0.4 is 5.32 Å². The molecule has 6 heteroatoms. The highest BCUT2D eigenvalue weighted by Crippen LogP contribution is 2.22. The van der Waals surface area contributed by atoms with Gasteiger partial charge in [0.1, 0.15) is 0 Å². The smallest absolute Gasteiger partial charge is 0.409 e. The number of ether oxygens (including phenoxy) is 1. The molecule has 0 radical (unpaired) electrons. The molecule has 126 valence electrons. The number of amides is 2. The number of carbonyl (C=O) groups is 2. The SMILES string of the molecule is COC(=O)N1CCC(CCC(=O)NCc2cccc(Cl)c2)CC1. The first-order chi connectivity index (χ1) is 11.1. The zero-order chi connectivity index (χ0) is 16.7. The van der Waals surface area contributed by atoms with E-state index in [-0.39, 0.29) is 12.0 Å². The summed E-state index contributed by atoms with van der Waals surface area (Å²) in [6, 6.07) is 7.48. The van der Waals surface area contributed by atoms with Gasteiger partial charge in [-0.05, 0) is 42.9 Å². The van der Waals surface area contributed by atoms with Gasteiger partial charge in [0.25, 0.3) is 0 Å². The number of nitrogens with one attached hydrogen (secondary N) is 1. The summed E-state index contributed by atoms with van der Waals surface area (Å²) in [6.07, 6.45) is 2.97. The van der Waals surface area contributed by atoms with Crippen molar-refractivity contribution in [2.45, 2.75) is 32.2 Å². The molecular formula is C17H23ClN2O3. The normalized spacial score (nSPS) is 15.3. The maximum Gasteiger partial charge on any atom is 0.409 e. The minimum absolute atomic E-state index is 0.0559. The first-order valence-electron chi connectivity index (χ1n) is 7.92. The molecule has 1 aliphatic rings. The summed E-state index contributed by atoms with van der Waals surface area (Å²) in [5.41, 5.74) is 0.997. The molecule has 2 rings (SSSR count). The van der Waals surface area contributed by atoms with Gasteiger partial charge in [0.15, 0.2) is 0 Å². The number of halogens is 1. The van der Waals surface area contributed by atoms with Crippen molar-refractivity contribution < 1.29 is 14.3 Å². The quantitative estimate of drug-likeness (QED) is 0.896. The summed E-state index contributed by atoms with van der Waals surface area (Å²) < 4.78 is 4.72. The van der Waals surface area contributed by atoms with Gasteiger partial charge >= 0.3 is 6.09 Å². The van der Waals surface area contributed by atoms with Crippen molar-refractivity contribution in [2.24, 2.45) is 5.92 Å². The molecular weight excluding hydrogens is 316 g/mol. The zero-order valence-electron chi connectivity index (χ0n) is 13.4. The summed E-state index contributed by atoms with van der Waals surface area (Å²) >= 11 is 5.92. The molecule has 0 spiro atoms. The van der Waals surface area contributed by atoms with E-state index in [1.165, 1.54) is 7.11 Å². The molecule has 23 heavy (non-hydrogen) atoms. The van der Waals surface area contributed by atoms with E-state index >= 15 is 0 Å². The molecule has 5 nitrogen and oxygen atoms in total. The van der Waals surface area contributed by atoms with E-state index in [9.17, 15) is 9.59 Å². The van der Waals surface area contributed by atoms with Crippen molar-refractivity contribution in [3.05, 3.63) is 34.9 Å². The highest BCUT2D eigenvalue weighted by atomic mass is 35.5. The van der Waals surface area contributed by atoms with Gasteiger partial charge < -0.3 is 15.0 Å². The third-order valence-corrected chi connectivity index (χ3v) is 4.44. The van der Waals surface area contributed by atoms with E-state index in [1.807, 2.05) is 24.3 Å². The number of hydrogen-bond donors (Lipinski definition) is 1. The van der Waals surface area contributed by atoms with Crippen LogP contribution in [0.25, 0.3) is 0 Å². The Balaban J connectivity index is 1.64. The van der Waals surface area contributed by atoms with Crippen molar-refractivity contribution >= 4 is 23.6 Å². The van der Waals surface area contributed by atoms with Crippen molar-refractivity contribution in [3.8, 4) is 0 Å². The number of carbonyl (C=O) groups excluding carboxylic acids is 2. The average Bonchev–Trinajstić information content (AvgIpc) is 2.58. The van der Waals surface area contributed by atoms with Crippen LogP contribution in [0.15, 0.2) is 24.3 Å². The van der Waals surface area contributed by atoms with E-state index in [4.69, 9.17) is 16.3 Å². The minimum Gasteiger partial charge on any atom is -0.453 e. The second kappa shape index (κ2) is 8.77. The molecule has 1 N–H and O–H groups in total. The van der Waals surface area contributed by atoms with E-state index in [1.54, 1.807) is 4.90 Å². The first-order valence-corrected chi connectivity index (χ1v) is 8.30. The van der Waals surface area contributed by atoms with Crippen molar-refractivity contribution in [1.82, 2.24) is 10.2 Å². The standard InChI is InChI=1S/C17H23ClN2O3/c1-23-17(22)20-9-7-13(8-10-20)5-6-16(21)19-12-14-3-2-4-15(18)11-14/h2-4,11,13H,5-10,12H2,1H3,(H,19,21). The number of benzene rings is 1. The molecule has 0 bridgehead atoms. The molecule has 2 amide bonds. The third-order valence-electron chi connectivity index (χ3n) is 4.21. The van der Waals surface area contributed by atoms with Crippen LogP contribution in [0.1, 0.15) is 31.2 Å². The topological polar surface area (TPSA) is 58.6 Å². The highest BCUT2D eigenvalue weighted by Gasteiger charge is 2.23. The number of rotatable bonds is 5. The van der Waals surface area contributed by atoms with Gasteiger partial charge in [0.2, 0.25) is 5.91 Å². The van der Waals surface area contributed by atoms with Gasteiger partial charge in [-0.15, -0.1) is 0 Å². The van der Waals surface area contributed by atoms with Gasteiger partial charge in [0.05, 0.1) is 7.11 Å². The van der Waals surface area contributed by atoms with Gasteiger partial charge in [-0.1, -0.05) is 23.7 Å². The molecule has 0 saturated carbocycles. The van der Waals surface area contributed by atoms with Crippen LogP contribution in [-0.4, -0.2) is 37.1 Å². The first kappa shape index (κ1) is 17.6. The second-order valence-corrected chi connectivity index (χ2v) is 6.28. The fourth-order valence-electron chi connectivity index (χ4n) is 2.80. The number of methoxy groups -OCH3 is 1. The Kier molecular flexibility index (Phi) is 6.71. The van der Waals surface area contributed by atoms with Crippen LogP contribution in [0.4, 0.5) is 4.79 Å². The summed E-state index contributed by atoms with van der Waals surface area (Å²) in [7, 11) is 1.40. The summed E-state index contributed by atoms with van der Waals surface area (Å²) in [4.78, 5) is 25.1. The van der Waals surface area contributed by atoms with Crippen molar-refractivity contribution in [2.75, 3.05) is 20.2 Å². The van der Waals surface area contributed by atoms with Gasteiger partial charge in [-0.2, -0.15) is 0 Å². The van der Waals surface area contributed by atoms with E-state index < -0.39 is 0 Å². The van der Waals surface area contributed by atoms with E-state index in [0.717, 1.165) is 24.8 Å². The number of nitrogens with zero attached hydrogens (tertiary/aromatic N) is 1. The predicted octanol–water partition coefficient (Wildman–Crippen LogP) is 3.21. The zero-order valence-corrected chi connectivity index (χ0v) is 14.1. The minimum atomic E-state index is -0.261. The van der Waals surface area contributed by atoms with Crippen LogP contribution in [0.3, 0.4) is 0 Å². The lowest BCUT2D eigenvalue weighted by molar-refractivity contribution is -0.121. The monoisotopic (exact) mass is 338 g/mol. The van der Waals surface area contributed by atoms with Crippen molar-refractivity contribution in [1.29, 1.82) is 0 Å². The van der Waals surface area contributed by atoms with E-state index in [2.05, 4.69) is 5.32 Å². The Morgan fingerprint density at radius 2 is 2.09 bits per heavy atom. The lowest BCUT2D eigenvalue weighted by Crippen LogP contribution is -2.38. The number of piperidine rings is 1. The second-order valence-electron chi connectivity index (χ2n) is 5.85. The lowest BCUT2D eigenvalue weighted by Gasteiger charge is -2.30. The largest absolute Gasteiger partial charge is 0.453 e. The molecule has 1 saturated heterocycles. The van der Waals surface area contributed by atoms with Gasteiger partial charge in [-0.3, -0.25) is 4.79 Å². The molecule has 0 aromatic heterocycles. The maximum absolute atomic E-state index is 11.9. The molecule has 1 aliphatic heterocycles. The summed E-state index contributed by atoms with van der Waals surface area (Å²) in [5, 5.41) is 3.59. The lowest BCUT2D eigenvalue weighted by atomic mass is 9.92. The van der Waals surface area contributed by atoms with Crippen molar-refractivity contribution in [3.63, 3.8) is 0 Å². The fourth-order valence-corrected chi connectivity index (χ4v) is 3.02. The summed E-state index contributed by atoms with van der Waals surface area (Å²) in [6.45, 7) is 1.92. The Hall–Kier alpha value is -1.75. The maximum atomic E-state index is 11.9. The Morgan fingerprint density at radius 1 is 1.35 bits per heavy atom. The highest BCUT2D eigenvalue weighted by molar-refractivity contribution is 6.30. The number of likely N-dealkylation sites (tertiary alicyclic amines) is 1. The van der Waals surface area contributed by atoms with Crippen LogP contribution >= 0.6 is 11.6 Å². The van der Waals surface area contributed by atoms with Gasteiger partial charge in [-0.25, -0.2) is 4.79 Å². The molecule has 0 aliphatic carbocycles. The predicted molar refractivity (Wildman–Crippen MR) is 89.2 cm³/mol. The fraction of sp³-hybridized carbons (Fsp3) is 0.529. The van der Waals surface area contributed by atoms with Crippen LogP contribution in [0.5, 0.6) is 0 Å². The van der Waals surface area contributed by atoms with Gasteiger partial charge in [0, 0.05) is 31.1 Å². The Morgan fingerprint density at radius 3 is 2.74 bits per heavy atom. The van der Waals surface area contributed by atoms with Crippen LogP contribution in [0, 0.1) is 5.92 Å². The Bertz CT molecular complexity index is 542. The molecule has 0 atom stereocenters. The molecule has 1 aromatic carbocycles. The third kappa shape index (κ3) is 5.75. The van der Waals surface area contributed by atoms with E-state index in [0.29, 0.717) is 37.0 Å². The van der Waals surface area contributed by atoms with Crippen LogP contribution in [-0.2, 0) is 16.1 Å². The molecule has 1 fully saturated rings. The Labute approximate surface area is 141 Å². The van der Waals surface area contributed by atoms with Crippen LogP contribution in [0.2, 0.25) is 5.02 Å². The molecule has 1 aromatic rings. The number of hydrogen-bond acceptors (Lipinski definition) is 3. The molecule has 1 heterocycles.